The zero-order valence-corrected chi connectivity index (χ0v) is 13.6. The molecule has 0 saturated carbocycles. The van der Waals surface area contributed by atoms with Crippen LogP contribution in [0.15, 0.2) is 66.7 Å². The van der Waals surface area contributed by atoms with Crippen molar-refractivity contribution in [2.24, 2.45) is 0 Å². The van der Waals surface area contributed by atoms with Crippen LogP contribution in [-0.2, 0) is 6.18 Å². The average Bonchev–Trinajstić information content (AvgIpc) is 2.55. The highest BCUT2D eigenvalue weighted by atomic mass is 35.5. The number of hydrogen-bond donors (Lipinski definition) is 0. The molecule has 3 aromatic carbocycles. The van der Waals surface area contributed by atoms with Gasteiger partial charge in [0, 0.05) is 5.02 Å². The van der Waals surface area contributed by atoms with Gasteiger partial charge in [0.25, 0.3) is 0 Å². The van der Waals surface area contributed by atoms with Gasteiger partial charge < -0.3 is 0 Å². The molecule has 0 amide bonds. The summed E-state index contributed by atoms with van der Waals surface area (Å²) in [5, 5.41) is 0.678. The third-order valence-electron chi connectivity index (χ3n) is 3.93. The highest BCUT2D eigenvalue weighted by Crippen LogP contribution is 2.32. The van der Waals surface area contributed by atoms with E-state index in [0.717, 1.165) is 39.9 Å². The summed E-state index contributed by atoms with van der Waals surface area (Å²) in [5.41, 5.74) is 4.18. The first-order chi connectivity index (χ1) is 11.3. The van der Waals surface area contributed by atoms with Crippen molar-refractivity contribution in [3.05, 3.63) is 82.9 Å². The summed E-state index contributed by atoms with van der Waals surface area (Å²) in [6, 6.07) is 18.7. The fourth-order valence-corrected chi connectivity index (χ4v) is 2.77. The van der Waals surface area contributed by atoms with Crippen molar-refractivity contribution in [1.29, 1.82) is 0 Å². The van der Waals surface area contributed by atoms with Crippen molar-refractivity contribution in [2.45, 2.75) is 13.1 Å². The number of alkyl halides is 3. The van der Waals surface area contributed by atoms with Crippen LogP contribution in [0.25, 0.3) is 22.3 Å². The topological polar surface area (TPSA) is 0 Å². The molecule has 0 bridgehead atoms. The maximum Gasteiger partial charge on any atom is 0.416 e. The molecule has 0 aromatic heterocycles. The molecule has 0 aliphatic heterocycles. The van der Waals surface area contributed by atoms with E-state index in [-0.39, 0.29) is 0 Å². The Morgan fingerprint density at radius 2 is 1.25 bits per heavy atom. The predicted molar refractivity (Wildman–Crippen MR) is 92.1 cm³/mol. The molecule has 0 heterocycles. The van der Waals surface area contributed by atoms with Gasteiger partial charge in [-0.25, -0.2) is 0 Å². The lowest BCUT2D eigenvalue weighted by molar-refractivity contribution is -0.137. The maximum absolute atomic E-state index is 12.6. The molecule has 0 spiro atoms. The summed E-state index contributed by atoms with van der Waals surface area (Å²) in [6.07, 6.45) is -4.31. The van der Waals surface area contributed by atoms with E-state index in [2.05, 4.69) is 0 Å². The van der Waals surface area contributed by atoms with Crippen molar-refractivity contribution in [1.82, 2.24) is 0 Å². The fourth-order valence-electron chi connectivity index (χ4n) is 2.65. The molecule has 0 aliphatic rings. The lowest BCUT2D eigenvalue weighted by atomic mass is 9.95. The number of aryl methyl sites for hydroxylation is 1. The molecule has 122 valence electrons. The zero-order chi connectivity index (χ0) is 17.3. The van der Waals surface area contributed by atoms with Gasteiger partial charge in [0.15, 0.2) is 0 Å². The van der Waals surface area contributed by atoms with E-state index >= 15 is 0 Å². The molecule has 4 heteroatoms. The Hall–Kier alpha value is -2.26. The second kappa shape index (κ2) is 6.33. The summed E-state index contributed by atoms with van der Waals surface area (Å²) < 4.78 is 37.9. The monoisotopic (exact) mass is 346 g/mol. The molecule has 0 aliphatic carbocycles. The molecule has 24 heavy (non-hydrogen) atoms. The third-order valence-corrected chi connectivity index (χ3v) is 4.18. The number of benzene rings is 3. The zero-order valence-electron chi connectivity index (χ0n) is 12.9. The Balaban J connectivity index is 1.93. The highest BCUT2D eigenvalue weighted by Gasteiger charge is 2.29. The van der Waals surface area contributed by atoms with E-state index in [9.17, 15) is 13.2 Å². The SMILES string of the molecule is Cc1cc(-c2ccc(C(F)(F)F)cc2)ccc1-c1ccc(Cl)cc1. The van der Waals surface area contributed by atoms with Crippen LogP contribution in [0.5, 0.6) is 0 Å². The van der Waals surface area contributed by atoms with E-state index in [1.807, 2.05) is 49.4 Å². The Kier molecular flexibility index (Phi) is 4.37. The quantitative estimate of drug-likeness (QED) is 0.468. The molecule has 0 N–H and O–H groups in total. The number of hydrogen-bond acceptors (Lipinski definition) is 0. The Labute approximate surface area is 143 Å². The van der Waals surface area contributed by atoms with E-state index in [4.69, 9.17) is 11.6 Å². The van der Waals surface area contributed by atoms with E-state index < -0.39 is 11.7 Å². The Morgan fingerprint density at radius 3 is 1.79 bits per heavy atom. The van der Waals surface area contributed by atoms with Gasteiger partial charge in [-0.05, 0) is 59.0 Å². The van der Waals surface area contributed by atoms with Crippen molar-refractivity contribution >= 4 is 11.6 Å². The van der Waals surface area contributed by atoms with E-state index in [0.29, 0.717) is 5.02 Å². The summed E-state index contributed by atoms with van der Waals surface area (Å²) in [6.45, 7) is 1.98. The average molecular weight is 347 g/mol. The molecule has 0 nitrogen and oxygen atoms in total. The van der Waals surface area contributed by atoms with Crippen LogP contribution in [0.2, 0.25) is 5.02 Å². The Bertz CT molecular complexity index is 848. The predicted octanol–water partition coefficient (Wildman–Crippen LogP) is 7.00. The Morgan fingerprint density at radius 1 is 0.708 bits per heavy atom. The molecular formula is C20H14ClF3. The van der Waals surface area contributed by atoms with Gasteiger partial charge in [0.05, 0.1) is 5.56 Å². The van der Waals surface area contributed by atoms with Gasteiger partial charge >= 0.3 is 6.18 Å². The first kappa shape index (κ1) is 16.6. The van der Waals surface area contributed by atoms with E-state index in [1.54, 1.807) is 0 Å². The van der Waals surface area contributed by atoms with Crippen molar-refractivity contribution in [3.8, 4) is 22.3 Å². The summed E-state index contributed by atoms with van der Waals surface area (Å²) in [4.78, 5) is 0. The molecule has 3 rings (SSSR count). The maximum atomic E-state index is 12.6. The molecule has 3 aromatic rings. The standard InChI is InChI=1S/C20H14ClF3/c1-13-12-16(14-2-7-17(8-3-14)20(22,23)24)6-11-19(13)15-4-9-18(21)10-5-15/h2-12H,1H3. The summed E-state index contributed by atoms with van der Waals surface area (Å²) in [7, 11) is 0. The van der Waals surface area contributed by atoms with Crippen molar-refractivity contribution in [3.63, 3.8) is 0 Å². The van der Waals surface area contributed by atoms with Gasteiger partial charge in [-0.1, -0.05) is 54.1 Å². The van der Waals surface area contributed by atoms with Crippen LogP contribution in [0.1, 0.15) is 11.1 Å². The molecule has 0 radical (unpaired) electrons. The largest absolute Gasteiger partial charge is 0.416 e. The summed E-state index contributed by atoms with van der Waals surface area (Å²) >= 11 is 5.91. The van der Waals surface area contributed by atoms with Crippen LogP contribution < -0.4 is 0 Å². The lowest BCUT2D eigenvalue weighted by Crippen LogP contribution is -2.03. The minimum Gasteiger partial charge on any atom is -0.166 e. The molecule has 0 unspecified atom stereocenters. The van der Waals surface area contributed by atoms with Gasteiger partial charge in [-0.3, -0.25) is 0 Å². The second-order valence-electron chi connectivity index (χ2n) is 5.61. The van der Waals surface area contributed by atoms with E-state index in [1.165, 1.54) is 12.1 Å². The van der Waals surface area contributed by atoms with Crippen molar-refractivity contribution < 1.29 is 13.2 Å². The molecular weight excluding hydrogens is 333 g/mol. The molecule has 0 atom stereocenters. The highest BCUT2D eigenvalue weighted by molar-refractivity contribution is 6.30. The number of halogens is 4. The molecule has 0 fully saturated rings. The van der Waals surface area contributed by atoms with Gasteiger partial charge in [0.2, 0.25) is 0 Å². The minimum absolute atomic E-state index is 0.638. The first-order valence-electron chi connectivity index (χ1n) is 7.39. The van der Waals surface area contributed by atoms with Gasteiger partial charge in [-0.2, -0.15) is 13.2 Å². The first-order valence-corrected chi connectivity index (χ1v) is 7.76. The fraction of sp³-hybridized carbons (Fsp3) is 0.100. The van der Waals surface area contributed by atoms with Crippen LogP contribution >= 0.6 is 11.6 Å². The van der Waals surface area contributed by atoms with Crippen molar-refractivity contribution in [2.75, 3.05) is 0 Å². The normalized spacial score (nSPS) is 11.5. The minimum atomic E-state index is -4.31. The van der Waals surface area contributed by atoms with Gasteiger partial charge in [-0.15, -0.1) is 0 Å². The molecule has 0 saturated heterocycles. The number of rotatable bonds is 2. The van der Waals surface area contributed by atoms with Crippen LogP contribution in [0.4, 0.5) is 13.2 Å². The van der Waals surface area contributed by atoms with Crippen LogP contribution in [0, 0.1) is 6.92 Å². The smallest absolute Gasteiger partial charge is 0.166 e. The third kappa shape index (κ3) is 3.46. The van der Waals surface area contributed by atoms with Gasteiger partial charge in [0.1, 0.15) is 0 Å². The van der Waals surface area contributed by atoms with Crippen LogP contribution in [0.3, 0.4) is 0 Å². The lowest BCUT2D eigenvalue weighted by Gasteiger charge is -2.11. The second-order valence-corrected chi connectivity index (χ2v) is 6.05. The summed E-state index contributed by atoms with van der Waals surface area (Å²) in [5.74, 6) is 0. The van der Waals surface area contributed by atoms with Crippen LogP contribution in [-0.4, -0.2) is 0 Å².